The zero-order valence-corrected chi connectivity index (χ0v) is 9.51. The Balaban J connectivity index is 0.00000196. The van der Waals surface area contributed by atoms with Crippen molar-refractivity contribution in [2.45, 2.75) is 19.9 Å². The van der Waals surface area contributed by atoms with Gasteiger partial charge in [0, 0.05) is 13.1 Å². The maximum Gasteiger partial charge on any atom is 0.304 e. The Morgan fingerprint density at radius 1 is 1.40 bits per heavy atom. The quantitative estimate of drug-likeness (QED) is 0.760. The lowest BCUT2D eigenvalue weighted by Gasteiger charge is -2.05. The molecule has 0 saturated heterocycles. The molecule has 3 nitrogen and oxygen atoms in total. The predicted molar refractivity (Wildman–Crippen MR) is 62.4 cm³/mol. The predicted octanol–water partition coefficient (Wildman–Crippen LogP) is 1.98. The van der Waals surface area contributed by atoms with Crippen LogP contribution >= 0.6 is 12.4 Å². The minimum absolute atomic E-state index is 0. The van der Waals surface area contributed by atoms with Gasteiger partial charge in [0.2, 0.25) is 0 Å². The van der Waals surface area contributed by atoms with E-state index in [0.29, 0.717) is 6.54 Å². The van der Waals surface area contributed by atoms with E-state index in [0.717, 1.165) is 6.54 Å². The lowest BCUT2D eigenvalue weighted by molar-refractivity contribution is -0.136. The lowest BCUT2D eigenvalue weighted by atomic mass is 10.1. The fraction of sp³-hybridized carbons (Fsp3) is 0.364. The van der Waals surface area contributed by atoms with Gasteiger partial charge in [-0.05, 0) is 18.1 Å². The van der Waals surface area contributed by atoms with Crippen molar-refractivity contribution in [3.63, 3.8) is 0 Å². The molecule has 0 atom stereocenters. The summed E-state index contributed by atoms with van der Waals surface area (Å²) in [5.74, 6) is -0.762. The minimum Gasteiger partial charge on any atom is -0.481 e. The Labute approximate surface area is 95.9 Å². The highest BCUT2D eigenvalue weighted by molar-refractivity contribution is 5.85. The Morgan fingerprint density at radius 2 is 2.07 bits per heavy atom. The van der Waals surface area contributed by atoms with Gasteiger partial charge in [-0.2, -0.15) is 0 Å². The molecule has 0 saturated carbocycles. The fourth-order valence-electron chi connectivity index (χ4n) is 1.23. The highest BCUT2D eigenvalue weighted by atomic mass is 35.5. The smallest absolute Gasteiger partial charge is 0.304 e. The molecule has 0 spiro atoms. The molecule has 0 aromatic heterocycles. The largest absolute Gasteiger partial charge is 0.481 e. The Kier molecular flexibility index (Phi) is 6.75. The molecule has 1 aromatic carbocycles. The van der Waals surface area contributed by atoms with Crippen molar-refractivity contribution in [2.24, 2.45) is 0 Å². The third kappa shape index (κ3) is 5.40. The summed E-state index contributed by atoms with van der Waals surface area (Å²) in [6.45, 7) is 3.30. The first-order chi connectivity index (χ1) is 6.70. The molecule has 15 heavy (non-hydrogen) atoms. The average molecular weight is 230 g/mol. The van der Waals surface area contributed by atoms with Crippen LogP contribution in [0.3, 0.4) is 0 Å². The standard InChI is InChI=1S/C11H15NO2.ClH/c1-9-4-2-3-5-10(9)8-12-7-6-11(13)14;/h2-5,12H,6-8H2,1H3,(H,13,14);1H. The first kappa shape index (κ1) is 13.9. The third-order valence-corrected chi connectivity index (χ3v) is 2.09. The zero-order valence-electron chi connectivity index (χ0n) is 8.69. The number of hydrogen-bond donors (Lipinski definition) is 2. The van der Waals surface area contributed by atoms with Crippen LogP contribution in [-0.2, 0) is 11.3 Å². The number of nitrogens with one attached hydrogen (secondary N) is 1. The van der Waals surface area contributed by atoms with Gasteiger partial charge in [0.15, 0.2) is 0 Å². The van der Waals surface area contributed by atoms with Gasteiger partial charge in [-0.25, -0.2) is 0 Å². The summed E-state index contributed by atoms with van der Waals surface area (Å²) in [6.07, 6.45) is 0.173. The number of aliphatic carboxylic acids is 1. The molecule has 0 fully saturated rings. The van der Waals surface area contributed by atoms with Crippen molar-refractivity contribution in [1.82, 2.24) is 5.32 Å². The molecule has 1 rings (SSSR count). The molecule has 0 radical (unpaired) electrons. The topological polar surface area (TPSA) is 49.3 Å². The SMILES string of the molecule is Cc1ccccc1CNCCC(=O)O.Cl. The monoisotopic (exact) mass is 229 g/mol. The van der Waals surface area contributed by atoms with Crippen molar-refractivity contribution in [2.75, 3.05) is 6.54 Å². The van der Waals surface area contributed by atoms with Crippen LogP contribution < -0.4 is 5.32 Å². The highest BCUT2D eigenvalue weighted by Crippen LogP contribution is 2.05. The summed E-state index contributed by atoms with van der Waals surface area (Å²) in [4.78, 5) is 10.2. The number of halogens is 1. The van der Waals surface area contributed by atoms with Gasteiger partial charge in [0.1, 0.15) is 0 Å². The molecule has 0 unspecified atom stereocenters. The number of aryl methyl sites for hydroxylation is 1. The number of carboxylic acids is 1. The Bertz CT molecular complexity index is 315. The number of benzene rings is 1. The van der Waals surface area contributed by atoms with Crippen molar-refractivity contribution in [3.05, 3.63) is 35.4 Å². The molecule has 0 heterocycles. The van der Waals surface area contributed by atoms with Crippen molar-refractivity contribution >= 4 is 18.4 Å². The second-order valence-corrected chi connectivity index (χ2v) is 3.25. The van der Waals surface area contributed by atoms with Gasteiger partial charge in [0.05, 0.1) is 6.42 Å². The Hall–Kier alpha value is -1.06. The summed E-state index contributed by atoms with van der Waals surface area (Å²) < 4.78 is 0. The van der Waals surface area contributed by atoms with Crippen LogP contribution in [-0.4, -0.2) is 17.6 Å². The van der Waals surface area contributed by atoms with Crippen molar-refractivity contribution in [1.29, 1.82) is 0 Å². The molecule has 0 aliphatic rings. The summed E-state index contributed by atoms with van der Waals surface area (Å²) in [5.41, 5.74) is 2.45. The summed E-state index contributed by atoms with van der Waals surface area (Å²) in [6, 6.07) is 8.08. The van der Waals surface area contributed by atoms with Crippen LogP contribution in [0, 0.1) is 6.92 Å². The molecule has 2 N–H and O–H groups in total. The molecule has 84 valence electrons. The average Bonchev–Trinajstić information content (AvgIpc) is 2.15. The number of rotatable bonds is 5. The molecule has 0 aliphatic heterocycles. The van der Waals surface area contributed by atoms with Crippen LogP contribution in [0.15, 0.2) is 24.3 Å². The minimum atomic E-state index is -0.762. The fourth-order valence-corrected chi connectivity index (χ4v) is 1.23. The first-order valence-corrected chi connectivity index (χ1v) is 4.67. The number of carboxylic acid groups (broad SMARTS) is 1. The molecule has 0 aliphatic carbocycles. The number of hydrogen-bond acceptors (Lipinski definition) is 2. The lowest BCUT2D eigenvalue weighted by Crippen LogP contribution is -2.18. The van der Waals surface area contributed by atoms with Crippen LogP contribution in [0.4, 0.5) is 0 Å². The van der Waals surface area contributed by atoms with E-state index in [2.05, 4.69) is 5.32 Å². The first-order valence-electron chi connectivity index (χ1n) is 4.67. The van der Waals surface area contributed by atoms with Crippen LogP contribution in [0.2, 0.25) is 0 Å². The van der Waals surface area contributed by atoms with Crippen LogP contribution in [0.1, 0.15) is 17.5 Å². The third-order valence-electron chi connectivity index (χ3n) is 2.09. The van der Waals surface area contributed by atoms with E-state index in [-0.39, 0.29) is 18.8 Å². The summed E-state index contributed by atoms with van der Waals surface area (Å²) in [5, 5.41) is 11.5. The molecule has 0 bridgehead atoms. The second-order valence-electron chi connectivity index (χ2n) is 3.25. The van der Waals surface area contributed by atoms with E-state index < -0.39 is 5.97 Å². The van der Waals surface area contributed by atoms with Gasteiger partial charge in [0.25, 0.3) is 0 Å². The van der Waals surface area contributed by atoms with E-state index in [1.165, 1.54) is 11.1 Å². The molecular formula is C11H16ClNO2. The molecule has 4 heteroatoms. The summed E-state index contributed by atoms with van der Waals surface area (Å²) >= 11 is 0. The van der Waals surface area contributed by atoms with Crippen molar-refractivity contribution < 1.29 is 9.90 Å². The van der Waals surface area contributed by atoms with Gasteiger partial charge in [-0.1, -0.05) is 24.3 Å². The van der Waals surface area contributed by atoms with Gasteiger partial charge >= 0.3 is 5.97 Å². The van der Waals surface area contributed by atoms with E-state index in [9.17, 15) is 4.79 Å². The van der Waals surface area contributed by atoms with E-state index >= 15 is 0 Å². The van der Waals surface area contributed by atoms with Gasteiger partial charge in [-0.3, -0.25) is 4.79 Å². The zero-order chi connectivity index (χ0) is 10.4. The van der Waals surface area contributed by atoms with Crippen molar-refractivity contribution in [3.8, 4) is 0 Å². The van der Waals surface area contributed by atoms with Gasteiger partial charge in [-0.15, -0.1) is 12.4 Å². The Morgan fingerprint density at radius 3 is 2.67 bits per heavy atom. The molecule has 1 aromatic rings. The highest BCUT2D eigenvalue weighted by Gasteiger charge is 1.98. The van der Waals surface area contributed by atoms with Gasteiger partial charge < -0.3 is 10.4 Å². The molecule has 0 amide bonds. The maximum atomic E-state index is 10.2. The second kappa shape index (κ2) is 7.26. The number of carbonyl (C=O) groups is 1. The normalized spacial score (nSPS) is 9.40. The van der Waals surface area contributed by atoms with E-state index in [1.54, 1.807) is 0 Å². The summed E-state index contributed by atoms with van der Waals surface area (Å²) in [7, 11) is 0. The molecular weight excluding hydrogens is 214 g/mol. The van der Waals surface area contributed by atoms with E-state index in [4.69, 9.17) is 5.11 Å². The van der Waals surface area contributed by atoms with Crippen LogP contribution in [0.5, 0.6) is 0 Å². The van der Waals surface area contributed by atoms with E-state index in [1.807, 2.05) is 31.2 Å². The van der Waals surface area contributed by atoms with Crippen LogP contribution in [0.25, 0.3) is 0 Å². The maximum absolute atomic E-state index is 10.2.